The van der Waals surface area contributed by atoms with E-state index in [9.17, 15) is 4.79 Å². The number of nitrogens with two attached hydrogens (primary N) is 1. The van der Waals surface area contributed by atoms with Crippen LogP contribution in [-0.4, -0.2) is 23.1 Å². The Morgan fingerprint density at radius 2 is 2.13 bits per heavy atom. The van der Waals surface area contributed by atoms with E-state index in [1.807, 2.05) is 0 Å². The Morgan fingerprint density at radius 1 is 1.33 bits per heavy atom. The fourth-order valence-electron chi connectivity index (χ4n) is 1.32. The molecule has 5 heteroatoms. The first kappa shape index (κ1) is 11.7. The molecule has 0 saturated heterocycles. The lowest BCUT2D eigenvalue weighted by Crippen LogP contribution is -2.13. The van der Waals surface area contributed by atoms with Gasteiger partial charge in [0, 0.05) is 12.7 Å². The topological polar surface area (TPSA) is 83.8 Å². The van der Waals surface area contributed by atoms with E-state index in [1.165, 1.54) is 19.0 Å². The molecule has 1 aromatic rings. The fraction of sp³-hybridized carbons (Fsp3) is 0.600. The van der Waals surface area contributed by atoms with Crippen LogP contribution in [0.3, 0.4) is 0 Å². The maximum atomic E-state index is 10.8. The normalized spacial score (nSPS) is 10.2. The summed E-state index contributed by atoms with van der Waals surface area (Å²) in [5.74, 6) is 0.730. The van der Waals surface area contributed by atoms with Crippen molar-refractivity contribution in [2.24, 2.45) is 5.73 Å². The van der Waals surface area contributed by atoms with Gasteiger partial charge in [0.15, 0.2) is 0 Å². The highest BCUT2D eigenvalue weighted by molar-refractivity contribution is 5.31. The van der Waals surface area contributed by atoms with Crippen molar-refractivity contribution in [3.63, 3.8) is 0 Å². The lowest BCUT2D eigenvalue weighted by Gasteiger charge is -2.04. The Balaban J connectivity index is 2.12. The van der Waals surface area contributed by atoms with Gasteiger partial charge < -0.3 is 11.1 Å². The molecule has 84 valence electrons. The molecule has 0 aliphatic carbocycles. The second-order valence-corrected chi connectivity index (χ2v) is 3.42. The maximum absolute atomic E-state index is 10.8. The van der Waals surface area contributed by atoms with Crippen LogP contribution in [0.4, 0.5) is 5.82 Å². The molecule has 0 aliphatic heterocycles. The third kappa shape index (κ3) is 5.17. The van der Waals surface area contributed by atoms with Crippen LogP contribution in [0.1, 0.15) is 25.7 Å². The van der Waals surface area contributed by atoms with Gasteiger partial charge in [-0.3, -0.25) is 4.98 Å². The highest BCUT2D eigenvalue weighted by Crippen LogP contribution is 2.00. The molecule has 0 spiro atoms. The molecule has 0 bridgehead atoms. The molecule has 0 radical (unpaired) electrons. The molecular formula is C10H18N4O. The summed E-state index contributed by atoms with van der Waals surface area (Å²) in [6, 6.07) is 1.75. The minimum absolute atomic E-state index is 0.317. The van der Waals surface area contributed by atoms with Crippen LogP contribution in [0, 0.1) is 0 Å². The van der Waals surface area contributed by atoms with E-state index < -0.39 is 0 Å². The standard InChI is InChI=1S/C10H18N4O/c11-6-3-1-2-4-7-12-9-5-8-13-10(15)14-9/h5,8H,1-4,6-7,11H2,(H2,12,13,14,15). The molecule has 0 amide bonds. The van der Waals surface area contributed by atoms with E-state index >= 15 is 0 Å². The van der Waals surface area contributed by atoms with Crippen molar-refractivity contribution in [2.45, 2.75) is 25.7 Å². The Morgan fingerprint density at radius 3 is 2.87 bits per heavy atom. The molecule has 4 N–H and O–H groups in total. The number of hydrogen-bond acceptors (Lipinski definition) is 4. The first-order valence-corrected chi connectivity index (χ1v) is 5.32. The SMILES string of the molecule is NCCCCCCNc1ccnc(=O)[nH]1. The Bertz CT molecular complexity index is 323. The van der Waals surface area contributed by atoms with E-state index in [4.69, 9.17) is 5.73 Å². The number of hydrogen-bond donors (Lipinski definition) is 3. The Labute approximate surface area is 89.1 Å². The fourth-order valence-corrected chi connectivity index (χ4v) is 1.32. The minimum Gasteiger partial charge on any atom is -0.371 e. The van der Waals surface area contributed by atoms with E-state index in [2.05, 4.69) is 15.3 Å². The Kier molecular flexibility index (Phi) is 5.47. The molecule has 1 heterocycles. The summed E-state index contributed by atoms with van der Waals surface area (Å²) < 4.78 is 0. The van der Waals surface area contributed by atoms with E-state index in [-0.39, 0.29) is 5.69 Å². The van der Waals surface area contributed by atoms with Gasteiger partial charge in [0.25, 0.3) is 0 Å². The lowest BCUT2D eigenvalue weighted by molar-refractivity contribution is 0.661. The van der Waals surface area contributed by atoms with Gasteiger partial charge in [0.1, 0.15) is 5.82 Å². The predicted molar refractivity (Wildman–Crippen MR) is 60.9 cm³/mol. The summed E-state index contributed by atoms with van der Waals surface area (Å²) in [5, 5.41) is 3.14. The first-order valence-electron chi connectivity index (χ1n) is 5.32. The van der Waals surface area contributed by atoms with Gasteiger partial charge in [0.05, 0.1) is 0 Å². The van der Waals surface area contributed by atoms with Crippen LogP contribution >= 0.6 is 0 Å². The molecule has 5 nitrogen and oxygen atoms in total. The number of nitrogens with one attached hydrogen (secondary N) is 2. The molecule has 0 unspecified atom stereocenters. The quantitative estimate of drug-likeness (QED) is 0.578. The first-order chi connectivity index (χ1) is 7.33. The second-order valence-electron chi connectivity index (χ2n) is 3.42. The monoisotopic (exact) mass is 210 g/mol. The maximum Gasteiger partial charge on any atom is 0.346 e. The third-order valence-corrected chi connectivity index (χ3v) is 2.12. The van der Waals surface area contributed by atoms with Crippen LogP contribution in [0.2, 0.25) is 0 Å². The average Bonchev–Trinajstić information content (AvgIpc) is 2.23. The van der Waals surface area contributed by atoms with Gasteiger partial charge in [-0.05, 0) is 25.5 Å². The number of rotatable bonds is 7. The summed E-state index contributed by atoms with van der Waals surface area (Å²) in [5.41, 5.74) is 5.07. The van der Waals surface area contributed by atoms with Gasteiger partial charge in [-0.2, -0.15) is 0 Å². The van der Waals surface area contributed by atoms with Crippen molar-refractivity contribution in [3.05, 3.63) is 22.7 Å². The molecule has 1 aromatic heterocycles. The predicted octanol–water partition coefficient (Wildman–Crippen LogP) is 0.701. The molecule has 0 aromatic carbocycles. The molecular weight excluding hydrogens is 192 g/mol. The van der Waals surface area contributed by atoms with Crippen molar-refractivity contribution in [1.82, 2.24) is 9.97 Å². The molecule has 15 heavy (non-hydrogen) atoms. The van der Waals surface area contributed by atoms with Crippen molar-refractivity contribution < 1.29 is 0 Å². The van der Waals surface area contributed by atoms with Crippen LogP contribution in [0.25, 0.3) is 0 Å². The number of anilines is 1. The van der Waals surface area contributed by atoms with Crippen LogP contribution in [0.15, 0.2) is 17.1 Å². The van der Waals surface area contributed by atoms with Crippen molar-refractivity contribution >= 4 is 5.82 Å². The zero-order valence-electron chi connectivity index (χ0n) is 8.83. The van der Waals surface area contributed by atoms with Crippen molar-refractivity contribution in [1.29, 1.82) is 0 Å². The number of H-pyrrole nitrogens is 1. The third-order valence-electron chi connectivity index (χ3n) is 2.12. The number of nitrogens with zero attached hydrogens (tertiary/aromatic N) is 1. The van der Waals surface area contributed by atoms with E-state index in [0.717, 1.165) is 31.7 Å². The zero-order valence-corrected chi connectivity index (χ0v) is 8.83. The molecule has 0 atom stereocenters. The summed E-state index contributed by atoms with van der Waals surface area (Å²) in [6.07, 6.45) is 6.01. The van der Waals surface area contributed by atoms with E-state index in [0.29, 0.717) is 0 Å². The van der Waals surface area contributed by atoms with Gasteiger partial charge in [-0.1, -0.05) is 12.8 Å². The van der Waals surface area contributed by atoms with E-state index in [1.54, 1.807) is 6.07 Å². The summed E-state index contributed by atoms with van der Waals surface area (Å²) >= 11 is 0. The highest BCUT2D eigenvalue weighted by Gasteiger charge is 1.92. The van der Waals surface area contributed by atoms with Gasteiger partial charge in [-0.25, -0.2) is 9.78 Å². The van der Waals surface area contributed by atoms with Crippen molar-refractivity contribution in [2.75, 3.05) is 18.4 Å². The summed E-state index contributed by atoms with van der Waals surface area (Å²) in [4.78, 5) is 17.0. The smallest absolute Gasteiger partial charge is 0.346 e. The minimum atomic E-state index is -0.317. The molecule has 0 aliphatic rings. The van der Waals surface area contributed by atoms with Gasteiger partial charge >= 0.3 is 5.69 Å². The largest absolute Gasteiger partial charge is 0.371 e. The number of aromatic amines is 1. The highest BCUT2D eigenvalue weighted by atomic mass is 16.1. The average molecular weight is 210 g/mol. The molecule has 1 rings (SSSR count). The van der Waals surface area contributed by atoms with Crippen LogP contribution in [0.5, 0.6) is 0 Å². The van der Waals surface area contributed by atoms with Crippen LogP contribution in [-0.2, 0) is 0 Å². The van der Waals surface area contributed by atoms with Crippen molar-refractivity contribution in [3.8, 4) is 0 Å². The molecule has 0 saturated carbocycles. The molecule has 0 fully saturated rings. The lowest BCUT2D eigenvalue weighted by atomic mass is 10.2. The second kappa shape index (κ2) is 7.00. The van der Waals surface area contributed by atoms with Gasteiger partial charge in [0.2, 0.25) is 0 Å². The summed E-state index contributed by atoms with van der Waals surface area (Å²) in [6.45, 7) is 1.63. The van der Waals surface area contributed by atoms with Crippen LogP contribution < -0.4 is 16.7 Å². The zero-order chi connectivity index (χ0) is 10.9. The van der Waals surface area contributed by atoms with Gasteiger partial charge in [-0.15, -0.1) is 0 Å². The Hall–Kier alpha value is -1.36. The number of aromatic nitrogens is 2. The number of unbranched alkanes of at least 4 members (excludes halogenated alkanes) is 3. The summed E-state index contributed by atoms with van der Waals surface area (Å²) in [7, 11) is 0.